The summed E-state index contributed by atoms with van der Waals surface area (Å²) in [6, 6.07) is 5.41. The minimum Gasteiger partial charge on any atom is -0.465 e. The van der Waals surface area contributed by atoms with Crippen LogP contribution in [0.15, 0.2) is 29.2 Å². The Morgan fingerprint density at radius 2 is 1.96 bits per heavy atom. The maximum atomic E-state index is 12.7. The Kier molecular flexibility index (Phi) is 8.70. The summed E-state index contributed by atoms with van der Waals surface area (Å²) in [5.41, 5.74) is 0.164. The maximum Gasteiger partial charge on any atom is 0.325 e. The lowest BCUT2D eigenvalue weighted by Crippen LogP contribution is -2.39. The van der Waals surface area contributed by atoms with Gasteiger partial charge >= 0.3 is 5.97 Å². The van der Waals surface area contributed by atoms with Gasteiger partial charge in [0.15, 0.2) is 0 Å². The van der Waals surface area contributed by atoms with E-state index in [1.807, 2.05) is 0 Å². The predicted molar refractivity (Wildman–Crippen MR) is 96.3 cm³/mol. The Bertz CT molecular complexity index is 718. The van der Waals surface area contributed by atoms with Crippen LogP contribution in [0.1, 0.15) is 31.1 Å². The Morgan fingerprint density at radius 1 is 1.27 bits per heavy atom. The van der Waals surface area contributed by atoms with Crippen molar-refractivity contribution >= 4 is 21.9 Å². The van der Waals surface area contributed by atoms with E-state index in [0.717, 1.165) is 0 Å². The van der Waals surface area contributed by atoms with E-state index >= 15 is 0 Å². The number of esters is 1. The van der Waals surface area contributed by atoms with E-state index in [9.17, 15) is 18.0 Å². The fourth-order valence-electron chi connectivity index (χ4n) is 2.17. The summed E-state index contributed by atoms with van der Waals surface area (Å²) in [5.74, 6) is -1.01. The van der Waals surface area contributed by atoms with E-state index in [0.29, 0.717) is 0 Å². The monoisotopic (exact) mass is 386 g/mol. The van der Waals surface area contributed by atoms with Crippen molar-refractivity contribution in [2.45, 2.75) is 31.7 Å². The van der Waals surface area contributed by atoms with Crippen LogP contribution in [0, 0.1) is 0 Å². The van der Waals surface area contributed by atoms with E-state index in [2.05, 4.69) is 4.72 Å². The molecule has 0 bridgehead atoms. The molecule has 1 rings (SSSR count). The van der Waals surface area contributed by atoms with Gasteiger partial charge in [-0.1, -0.05) is 6.07 Å². The third-order valence-corrected chi connectivity index (χ3v) is 4.92. The first-order valence-corrected chi connectivity index (χ1v) is 9.75. The molecule has 0 unspecified atom stereocenters. The minimum absolute atomic E-state index is 0.0140. The van der Waals surface area contributed by atoms with Gasteiger partial charge in [-0.15, -0.1) is 0 Å². The van der Waals surface area contributed by atoms with Gasteiger partial charge in [-0.25, -0.2) is 13.1 Å². The van der Waals surface area contributed by atoms with Gasteiger partial charge in [0.05, 0.1) is 18.1 Å². The molecule has 1 aromatic carbocycles. The number of ether oxygens (including phenoxy) is 2. The van der Waals surface area contributed by atoms with Gasteiger partial charge in [-0.3, -0.25) is 9.59 Å². The summed E-state index contributed by atoms with van der Waals surface area (Å²) in [5, 5.41) is 0. The lowest BCUT2D eigenvalue weighted by molar-refractivity contribution is -0.143. The van der Waals surface area contributed by atoms with Gasteiger partial charge in [0.1, 0.15) is 6.54 Å². The molecule has 26 heavy (non-hydrogen) atoms. The number of sulfonamides is 1. The fourth-order valence-corrected chi connectivity index (χ4v) is 3.47. The van der Waals surface area contributed by atoms with Crippen LogP contribution in [0.4, 0.5) is 0 Å². The van der Waals surface area contributed by atoms with Crippen molar-refractivity contribution < 1.29 is 27.5 Å². The van der Waals surface area contributed by atoms with Crippen molar-refractivity contribution in [2.24, 2.45) is 0 Å². The van der Waals surface area contributed by atoms with E-state index < -0.39 is 21.9 Å². The van der Waals surface area contributed by atoms with E-state index in [1.165, 1.54) is 36.3 Å². The van der Waals surface area contributed by atoms with Crippen LogP contribution < -0.4 is 4.72 Å². The lowest BCUT2D eigenvalue weighted by Gasteiger charge is -2.21. The van der Waals surface area contributed by atoms with Crippen molar-refractivity contribution in [2.75, 3.05) is 33.4 Å². The maximum absolute atomic E-state index is 12.7. The number of carbonyl (C=O) groups is 2. The third kappa shape index (κ3) is 6.74. The predicted octanol–water partition coefficient (Wildman–Crippen LogP) is 1.02. The number of hydrogen-bond donors (Lipinski definition) is 1. The summed E-state index contributed by atoms with van der Waals surface area (Å²) in [6.45, 7) is 5.47. The number of carbonyl (C=O) groups excluding carboxylic acids is 2. The standard InChI is InChI=1S/C17H26N2O6S/c1-5-25-16(20)12-19(9-10-24-4)17(21)14-7-6-8-15(11-14)26(22,23)18-13(2)3/h6-8,11,13,18H,5,9-10,12H2,1-4H3. The van der Waals surface area contributed by atoms with E-state index in [-0.39, 0.29) is 42.8 Å². The zero-order valence-corrected chi connectivity index (χ0v) is 16.3. The number of nitrogens with one attached hydrogen (secondary N) is 1. The molecule has 146 valence electrons. The molecule has 0 aliphatic carbocycles. The zero-order chi connectivity index (χ0) is 19.7. The highest BCUT2D eigenvalue weighted by atomic mass is 32.2. The van der Waals surface area contributed by atoms with Crippen molar-refractivity contribution in [1.82, 2.24) is 9.62 Å². The Labute approximate surface area is 154 Å². The molecular weight excluding hydrogens is 360 g/mol. The molecule has 9 heteroatoms. The van der Waals surface area contributed by atoms with Crippen LogP contribution in [0.3, 0.4) is 0 Å². The van der Waals surface area contributed by atoms with Crippen molar-refractivity contribution in [1.29, 1.82) is 0 Å². The molecule has 0 spiro atoms. The van der Waals surface area contributed by atoms with Gasteiger partial charge in [0.25, 0.3) is 5.91 Å². The van der Waals surface area contributed by atoms with Crippen LogP contribution in [0.5, 0.6) is 0 Å². The number of rotatable bonds is 10. The molecule has 8 nitrogen and oxygen atoms in total. The minimum atomic E-state index is -3.73. The fraction of sp³-hybridized carbons (Fsp3) is 0.529. The second kappa shape index (κ2) is 10.2. The summed E-state index contributed by atoms with van der Waals surface area (Å²) in [6.07, 6.45) is 0. The van der Waals surface area contributed by atoms with E-state index in [1.54, 1.807) is 20.8 Å². The van der Waals surface area contributed by atoms with Crippen LogP contribution in [-0.2, 0) is 24.3 Å². The molecular formula is C17H26N2O6S. The SMILES string of the molecule is CCOC(=O)CN(CCOC)C(=O)c1cccc(S(=O)(=O)NC(C)C)c1. The summed E-state index contributed by atoms with van der Waals surface area (Å²) < 4.78 is 36.9. The first-order chi connectivity index (χ1) is 12.2. The lowest BCUT2D eigenvalue weighted by atomic mass is 10.2. The molecule has 0 aliphatic rings. The number of hydrogen-bond acceptors (Lipinski definition) is 6. The van der Waals surface area contributed by atoms with Gasteiger partial charge < -0.3 is 14.4 Å². The highest BCUT2D eigenvalue weighted by Crippen LogP contribution is 2.14. The summed E-state index contributed by atoms with van der Waals surface area (Å²) in [7, 11) is -2.24. The number of methoxy groups -OCH3 is 1. The Morgan fingerprint density at radius 3 is 2.54 bits per heavy atom. The molecule has 0 aliphatic heterocycles. The first kappa shape index (κ1) is 22.1. The summed E-state index contributed by atoms with van der Waals surface area (Å²) >= 11 is 0. The second-order valence-corrected chi connectivity index (χ2v) is 7.54. The van der Waals surface area contributed by atoms with Crippen LogP contribution in [0.2, 0.25) is 0 Å². The Hall–Kier alpha value is -1.97. The smallest absolute Gasteiger partial charge is 0.325 e. The van der Waals surface area contributed by atoms with Gasteiger partial charge in [0.2, 0.25) is 10.0 Å². The molecule has 1 amide bonds. The number of benzene rings is 1. The van der Waals surface area contributed by atoms with Crippen molar-refractivity contribution in [3.8, 4) is 0 Å². The zero-order valence-electron chi connectivity index (χ0n) is 15.5. The average molecular weight is 386 g/mol. The molecule has 1 aromatic rings. The van der Waals surface area contributed by atoms with E-state index in [4.69, 9.17) is 9.47 Å². The normalized spacial score (nSPS) is 11.4. The molecule has 0 radical (unpaired) electrons. The molecule has 0 fully saturated rings. The average Bonchev–Trinajstić information content (AvgIpc) is 2.57. The molecule has 0 aromatic heterocycles. The quantitative estimate of drug-likeness (QED) is 0.603. The van der Waals surface area contributed by atoms with Gasteiger partial charge in [-0.05, 0) is 39.0 Å². The van der Waals surface area contributed by atoms with Gasteiger partial charge in [0, 0.05) is 25.3 Å². The third-order valence-electron chi connectivity index (χ3n) is 3.26. The molecule has 0 saturated carbocycles. The Balaban J connectivity index is 3.07. The van der Waals surface area contributed by atoms with Crippen LogP contribution in [0.25, 0.3) is 0 Å². The molecule has 0 saturated heterocycles. The van der Waals surface area contributed by atoms with Crippen molar-refractivity contribution in [3.63, 3.8) is 0 Å². The first-order valence-electron chi connectivity index (χ1n) is 8.27. The topological polar surface area (TPSA) is 102 Å². The van der Waals surface area contributed by atoms with Gasteiger partial charge in [-0.2, -0.15) is 0 Å². The van der Waals surface area contributed by atoms with Crippen LogP contribution in [-0.4, -0.2) is 64.6 Å². The highest BCUT2D eigenvalue weighted by Gasteiger charge is 2.22. The molecule has 1 N–H and O–H groups in total. The van der Waals surface area contributed by atoms with Crippen molar-refractivity contribution in [3.05, 3.63) is 29.8 Å². The second-order valence-electron chi connectivity index (χ2n) is 5.83. The molecule has 0 heterocycles. The largest absolute Gasteiger partial charge is 0.465 e. The number of nitrogens with zero attached hydrogens (tertiary/aromatic N) is 1. The number of amides is 1. The highest BCUT2D eigenvalue weighted by molar-refractivity contribution is 7.89. The summed E-state index contributed by atoms with van der Waals surface area (Å²) in [4.78, 5) is 25.7. The van der Waals surface area contributed by atoms with Crippen LogP contribution >= 0.6 is 0 Å². The molecule has 0 atom stereocenters.